The first-order valence-corrected chi connectivity index (χ1v) is 9.53. The van der Waals surface area contributed by atoms with Crippen molar-refractivity contribution in [2.75, 3.05) is 5.32 Å². The summed E-state index contributed by atoms with van der Waals surface area (Å²) in [5, 5.41) is 3.47. The Bertz CT molecular complexity index is 1050. The summed E-state index contributed by atoms with van der Waals surface area (Å²) in [6.45, 7) is 2.73. The molecule has 138 valence electrons. The molecule has 1 aromatic heterocycles. The number of nitrogens with one attached hydrogen (secondary N) is 1. The maximum atomic E-state index is 12.9. The number of hydrogen-bond acceptors (Lipinski definition) is 3. The van der Waals surface area contributed by atoms with Crippen molar-refractivity contribution in [1.29, 1.82) is 0 Å². The Kier molecular flexibility index (Phi) is 4.75. The second-order valence-electron chi connectivity index (χ2n) is 7.20. The highest BCUT2D eigenvalue weighted by atomic mass is 16.1. The highest BCUT2D eigenvalue weighted by Crippen LogP contribution is 2.17. The molecule has 3 aromatic rings. The van der Waals surface area contributed by atoms with Gasteiger partial charge in [0.05, 0.1) is 10.9 Å². The van der Waals surface area contributed by atoms with E-state index in [0.717, 1.165) is 49.3 Å². The van der Waals surface area contributed by atoms with Gasteiger partial charge in [-0.2, -0.15) is 0 Å². The van der Waals surface area contributed by atoms with Crippen LogP contribution in [-0.2, 0) is 13.0 Å². The number of aromatic nitrogens is 2. The van der Waals surface area contributed by atoms with Crippen LogP contribution in [0.4, 0.5) is 5.69 Å². The van der Waals surface area contributed by atoms with Gasteiger partial charge >= 0.3 is 0 Å². The fourth-order valence-corrected chi connectivity index (χ4v) is 3.58. The predicted molar refractivity (Wildman–Crippen MR) is 107 cm³/mol. The van der Waals surface area contributed by atoms with Crippen LogP contribution in [0.3, 0.4) is 0 Å². The van der Waals surface area contributed by atoms with Crippen LogP contribution in [0.25, 0.3) is 10.9 Å². The van der Waals surface area contributed by atoms with Gasteiger partial charge in [-0.3, -0.25) is 14.2 Å². The molecule has 27 heavy (non-hydrogen) atoms. The Balaban J connectivity index is 1.69. The minimum absolute atomic E-state index is 0.00222. The molecule has 0 bridgehead atoms. The summed E-state index contributed by atoms with van der Waals surface area (Å²) in [4.78, 5) is 30.2. The smallest absolute Gasteiger partial charge is 0.261 e. The molecule has 0 atom stereocenters. The van der Waals surface area contributed by atoms with E-state index in [1.165, 1.54) is 6.42 Å². The maximum Gasteiger partial charge on any atom is 0.261 e. The van der Waals surface area contributed by atoms with Crippen LogP contribution in [0.2, 0.25) is 0 Å². The first-order valence-electron chi connectivity index (χ1n) is 9.53. The molecule has 0 aliphatic carbocycles. The second-order valence-corrected chi connectivity index (χ2v) is 7.20. The van der Waals surface area contributed by atoms with Gasteiger partial charge in [-0.1, -0.05) is 30.5 Å². The van der Waals surface area contributed by atoms with E-state index < -0.39 is 0 Å². The highest BCUT2D eigenvalue weighted by molar-refractivity contribution is 6.06. The van der Waals surface area contributed by atoms with Gasteiger partial charge in [0.2, 0.25) is 0 Å². The lowest BCUT2D eigenvalue weighted by Gasteiger charge is -2.16. The minimum Gasteiger partial charge on any atom is -0.322 e. The van der Waals surface area contributed by atoms with Crippen LogP contribution in [0.5, 0.6) is 0 Å². The molecule has 1 aliphatic rings. The van der Waals surface area contributed by atoms with Gasteiger partial charge in [-0.15, -0.1) is 0 Å². The first kappa shape index (κ1) is 17.5. The molecule has 0 fully saturated rings. The normalized spacial score (nSPS) is 14.3. The van der Waals surface area contributed by atoms with E-state index in [0.29, 0.717) is 16.5 Å². The quantitative estimate of drug-likeness (QED) is 0.748. The van der Waals surface area contributed by atoms with Crippen molar-refractivity contribution in [3.8, 4) is 0 Å². The van der Waals surface area contributed by atoms with Crippen molar-refractivity contribution in [3.63, 3.8) is 0 Å². The molecule has 1 N–H and O–H groups in total. The van der Waals surface area contributed by atoms with Crippen LogP contribution in [-0.4, -0.2) is 15.5 Å². The number of carbonyl (C=O) groups is 1. The van der Waals surface area contributed by atoms with Gasteiger partial charge in [0, 0.05) is 24.2 Å². The second kappa shape index (κ2) is 7.35. The van der Waals surface area contributed by atoms with Crippen molar-refractivity contribution in [1.82, 2.24) is 9.55 Å². The summed E-state index contributed by atoms with van der Waals surface area (Å²) >= 11 is 0. The zero-order valence-electron chi connectivity index (χ0n) is 15.5. The number of anilines is 1. The van der Waals surface area contributed by atoms with Crippen molar-refractivity contribution < 1.29 is 4.79 Å². The summed E-state index contributed by atoms with van der Waals surface area (Å²) in [5.41, 5.74) is 2.99. The average molecular weight is 361 g/mol. The Hall–Kier alpha value is -2.95. The highest BCUT2D eigenvalue weighted by Gasteiger charge is 2.15. The van der Waals surface area contributed by atoms with Gasteiger partial charge in [-0.05, 0) is 50.1 Å². The van der Waals surface area contributed by atoms with Crippen molar-refractivity contribution in [2.24, 2.45) is 0 Å². The molecular weight excluding hydrogens is 338 g/mol. The van der Waals surface area contributed by atoms with Crippen LogP contribution in [0.1, 0.15) is 47.4 Å². The molecule has 2 heterocycles. The van der Waals surface area contributed by atoms with Crippen LogP contribution < -0.4 is 10.9 Å². The molecule has 0 saturated heterocycles. The molecule has 5 nitrogen and oxygen atoms in total. The first-order chi connectivity index (χ1) is 13.1. The third-order valence-electron chi connectivity index (χ3n) is 5.14. The lowest BCUT2D eigenvalue weighted by Crippen LogP contribution is -2.26. The largest absolute Gasteiger partial charge is 0.322 e. The van der Waals surface area contributed by atoms with E-state index in [1.54, 1.807) is 18.2 Å². The van der Waals surface area contributed by atoms with Crippen LogP contribution in [0.15, 0.2) is 47.3 Å². The van der Waals surface area contributed by atoms with E-state index >= 15 is 0 Å². The number of carbonyl (C=O) groups excluding carboxylic acids is 1. The molecule has 4 rings (SSSR count). The SMILES string of the molecule is Cc1ccc(NC(=O)c2ccc3c(=O)n4c(nc3c2)CCCCCC4)cc1. The molecule has 0 saturated carbocycles. The van der Waals surface area contributed by atoms with Gasteiger partial charge < -0.3 is 5.32 Å². The standard InChI is InChI=1S/C22H23N3O2/c1-15-7-10-17(11-8-15)23-21(26)16-9-12-18-19(14-16)24-20-6-4-2-3-5-13-25(20)22(18)27/h7-12,14H,2-6,13H2,1H3,(H,23,26). The lowest BCUT2D eigenvalue weighted by molar-refractivity contribution is 0.102. The van der Waals surface area contributed by atoms with E-state index in [9.17, 15) is 9.59 Å². The third kappa shape index (κ3) is 3.63. The predicted octanol–water partition coefficient (Wildman–Crippen LogP) is 4.07. The van der Waals surface area contributed by atoms with Crippen LogP contribution in [0, 0.1) is 6.92 Å². The zero-order valence-corrected chi connectivity index (χ0v) is 15.5. The summed E-state index contributed by atoms with van der Waals surface area (Å²) < 4.78 is 1.81. The molecule has 1 aliphatic heterocycles. The van der Waals surface area contributed by atoms with Crippen molar-refractivity contribution in [2.45, 2.75) is 45.6 Å². The monoisotopic (exact) mass is 361 g/mol. The minimum atomic E-state index is -0.200. The van der Waals surface area contributed by atoms with Gasteiger partial charge in [0.15, 0.2) is 0 Å². The number of amides is 1. The number of nitrogens with zero attached hydrogens (tertiary/aromatic N) is 2. The van der Waals surface area contributed by atoms with Gasteiger partial charge in [0.25, 0.3) is 11.5 Å². The molecule has 0 unspecified atom stereocenters. The summed E-state index contributed by atoms with van der Waals surface area (Å²) in [6, 6.07) is 12.8. The fraction of sp³-hybridized carbons (Fsp3) is 0.318. The number of rotatable bonds is 2. The Morgan fingerprint density at radius 3 is 2.63 bits per heavy atom. The zero-order chi connectivity index (χ0) is 18.8. The number of aryl methyl sites for hydroxylation is 2. The maximum absolute atomic E-state index is 12.9. The molecule has 2 aromatic carbocycles. The molecule has 0 radical (unpaired) electrons. The molecular formula is C22H23N3O2. The van der Waals surface area contributed by atoms with Crippen molar-refractivity contribution in [3.05, 3.63) is 69.8 Å². The topological polar surface area (TPSA) is 64.0 Å². The van der Waals surface area contributed by atoms with E-state index in [1.807, 2.05) is 35.8 Å². The van der Waals surface area contributed by atoms with Gasteiger partial charge in [-0.25, -0.2) is 4.98 Å². The number of benzene rings is 2. The summed E-state index contributed by atoms with van der Waals surface area (Å²) in [5.74, 6) is 0.637. The Morgan fingerprint density at radius 1 is 1.04 bits per heavy atom. The summed E-state index contributed by atoms with van der Waals surface area (Å²) in [6.07, 6.45) is 5.20. The van der Waals surface area contributed by atoms with E-state index in [-0.39, 0.29) is 11.5 Å². The molecule has 0 spiro atoms. The van der Waals surface area contributed by atoms with Gasteiger partial charge in [0.1, 0.15) is 5.82 Å². The van der Waals surface area contributed by atoms with E-state index in [2.05, 4.69) is 5.32 Å². The Labute approximate surface area is 158 Å². The van der Waals surface area contributed by atoms with Crippen LogP contribution >= 0.6 is 0 Å². The molecule has 1 amide bonds. The summed E-state index contributed by atoms with van der Waals surface area (Å²) in [7, 11) is 0. The lowest BCUT2D eigenvalue weighted by atomic mass is 10.1. The van der Waals surface area contributed by atoms with Crippen molar-refractivity contribution >= 4 is 22.5 Å². The third-order valence-corrected chi connectivity index (χ3v) is 5.14. The Morgan fingerprint density at radius 2 is 1.81 bits per heavy atom. The van der Waals surface area contributed by atoms with E-state index in [4.69, 9.17) is 4.98 Å². The average Bonchev–Trinajstić information content (AvgIpc) is 2.65. The molecule has 5 heteroatoms. The number of fused-ring (bicyclic) bond motifs is 2. The fourth-order valence-electron chi connectivity index (χ4n) is 3.58. The number of hydrogen-bond donors (Lipinski definition) is 1.